The second-order valence-corrected chi connectivity index (χ2v) is 28.1. The molecule has 524 valence electrons. The summed E-state index contributed by atoms with van der Waals surface area (Å²) < 4.78 is 9.35. The van der Waals surface area contributed by atoms with Crippen LogP contribution in [0.25, 0.3) is 200 Å². The standard InChI is InChI=1S/C51H33N5.C50H32N6/c1-2-11-40(12-3-1)56-49-25-21-36(33-44(49)51-50(56)17-10-28-54-51)35-20-24-48-43(32-35)42-13-4-5-16-47(42)55(48)41-22-18-34(19-23-41)37-29-38(45-14-6-8-26-52-45)31-39(30-37)46-15-7-9-27-53-46;1-2-11-37(12-3-1)56-48-25-21-35(30-41(48)50-49(56)17-10-28-53-50)34-20-24-47-40(29-34)39-13-4-5-16-46(39)55(47)38-22-18-33(19-23-38)36-31-44(42-14-6-8-26-51-42)54-45(32-36)43-15-7-9-27-52-43/h1-33H;1-32H. The molecule has 0 aliphatic rings. The van der Waals surface area contributed by atoms with Crippen molar-refractivity contribution in [1.82, 2.24) is 53.2 Å². The smallest absolute Gasteiger partial charge is 0.0963 e. The van der Waals surface area contributed by atoms with E-state index in [9.17, 15) is 0 Å². The topological polar surface area (TPSA) is 110 Å². The molecule has 0 amide bonds. The first-order chi connectivity index (χ1) is 55.5. The van der Waals surface area contributed by atoms with Gasteiger partial charge < -0.3 is 18.3 Å². The molecule has 22 aromatic rings. The summed E-state index contributed by atoms with van der Waals surface area (Å²) in [7, 11) is 0. The molecule has 0 atom stereocenters. The molecule has 0 fully saturated rings. The molecule has 22 rings (SSSR count). The summed E-state index contributed by atoms with van der Waals surface area (Å²) >= 11 is 0. The Morgan fingerprint density at radius 3 is 0.848 bits per heavy atom. The van der Waals surface area contributed by atoms with Crippen LogP contribution in [-0.2, 0) is 0 Å². The lowest BCUT2D eigenvalue weighted by Crippen LogP contribution is -1.95. The van der Waals surface area contributed by atoms with Crippen molar-refractivity contribution in [1.29, 1.82) is 0 Å². The lowest BCUT2D eigenvalue weighted by Gasteiger charge is -2.12. The monoisotopic (exact) mass is 1430 g/mol. The van der Waals surface area contributed by atoms with Crippen molar-refractivity contribution in [3.05, 3.63) is 395 Å². The number of aromatic nitrogens is 11. The molecule has 0 saturated heterocycles. The van der Waals surface area contributed by atoms with Gasteiger partial charge in [0, 0.05) is 103 Å². The van der Waals surface area contributed by atoms with E-state index in [-0.39, 0.29) is 0 Å². The van der Waals surface area contributed by atoms with E-state index in [0.717, 1.165) is 156 Å². The highest BCUT2D eigenvalue weighted by molar-refractivity contribution is 6.14. The van der Waals surface area contributed by atoms with Crippen molar-refractivity contribution in [3.8, 4) is 113 Å². The van der Waals surface area contributed by atoms with Crippen LogP contribution < -0.4 is 0 Å². The molecule has 0 unspecified atom stereocenters. The van der Waals surface area contributed by atoms with E-state index in [0.29, 0.717) is 0 Å². The summed E-state index contributed by atoms with van der Waals surface area (Å²) in [6.45, 7) is 0. The highest BCUT2D eigenvalue weighted by Crippen LogP contribution is 2.43. The molecular weight excluding hydrogens is 1370 g/mol. The Morgan fingerprint density at radius 2 is 0.446 bits per heavy atom. The molecule has 112 heavy (non-hydrogen) atoms. The van der Waals surface area contributed by atoms with Crippen LogP contribution in [0.15, 0.2) is 395 Å². The van der Waals surface area contributed by atoms with E-state index >= 15 is 0 Å². The third-order valence-electron chi connectivity index (χ3n) is 21.5. The first kappa shape index (κ1) is 65.0. The van der Waals surface area contributed by atoms with Gasteiger partial charge in [0.2, 0.25) is 0 Å². The number of rotatable bonds is 12. The minimum Gasteiger partial charge on any atom is -0.309 e. The number of pyridine rings is 7. The fourth-order valence-electron chi connectivity index (χ4n) is 16.4. The van der Waals surface area contributed by atoms with E-state index in [2.05, 4.69) is 323 Å². The molecule has 11 aromatic carbocycles. The summed E-state index contributed by atoms with van der Waals surface area (Å²) in [5.74, 6) is 0. The van der Waals surface area contributed by atoms with Crippen molar-refractivity contribution in [2.75, 3.05) is 0 Å². The van der Waals surface area contributed by atoms with Crippen LogP contribution in [0.2, 0.25) is 0 Å². The molecule has 11 aromatic heterocycles. The Balaban J connectivity index is 0.000000141. The lowest BCUT2D eigenvalue weighted by atomic mass is 9.96. The predicted octanol–water partition coefficient (Wildman–Crippen LogP) is 24.9. The molecule has 0 N–H and O–H groups in total. The fourth-order valence-corrected chi connectivity index (χ4v) is 16.4. The summed E-state index contributed by atoms with van der Waals surface area (Å²) in [6.07, 6.45) is 11.1. The molecule has 0 aliphatic carbocycles. The third kappa shape index (κ3) is 11.5. The van der Waals surface area contributed by atoms with Gasteiger partial charge in [-0.3, -0.25) is 29.9 Å². The largest absolute Gasteiger partial charge is 0.309 e. The van der Waals surface area contributed by atoms with Gasteiger partial charge in [0.25, 0.3) is 0 Å². The van der Waals surface area contributed by atoms with E-state index in [4.69, 9.17) is 15.0 Å². The van der Waals surface area contributed by atoms with Gasteiger partial charge >= 0.3 is 0 Å². The molecule has 0 bridgehead atoms. The second-order valence-electron chi connectivity index (χ2n) is 28.1. The van der Waals surface area contributed by atoms with Crippen LogP contribution in [0, 0.1) is 0 Å². The van der Waals surface area contributed by atoms with Gasteiger partial charge in [0.15, 0.2) is 0 Å². The fraction of sp³-hybridized carbons (Fsp3) is 0. The van der Waals surface area contributed by atoms with E-state index in [1.54, 1.807) is 12.4 Å². The van der Waals surface area contributed by atoms with Crippen molar-refractivity contribution in [2.24, 2.45) is 0 Å². The van der Waals surface area contributed by atoms with Gasteiger partial charge in [-0.2, -0.15) is 0 Å². The molecule has 0 saturated carbocycles. The maximum Gasteiger partial charge on any atom is 0.0963 e. The summed E-state index contributed by atoms with van der Waals surface area (Å²) in [5, 5.41) is 7.14. The zero-order chi connectivity index (χ0) is 74.0. The summed E-state index contributed by atoms with van der Waals surface area (Å²) in [5.41, 5.74) is 31.9. The second kappa shape index (κ2) is 27.5. The van der Waals surface area contributed by atoms with Crippen LogP contribution >= 0.6 is 0 Å². The number of benzene rings is 11. The van der Waals surface area contributed by atoms with Crippen LogP contribution in [-0.4, -0.2) is 53.2 Å². The van der Waals surface area contributed by atoms with Gasteiger partial charge in [-0.15, -0.1) is 0 Å². The zero-order valence-corrected chi connectivity index (χ0v) is 60.4. The number of hydrogen-bond acceptors (Lipinski definition) is 7. The van der Waals surface area contributed by atoms with Crippen molar-refractivity contribution >= 4 is 87.5 Å². The predicted molar refractivity (Wildman–Crippen MR) is 458 cm³/mol. The Bertz CT molecular complexity index is 6770. The number of hydrogen-bond donors (Lipinski definition) is 0. The van der Waals surface area contributed by atoms with Gasteiger partial charge in [0.05, 0.1) is 89.3 Å². The normalized spacial score (nSPS) is 11.6. The van der Waals surface area contributed by atoms with Gasteiger partial charge in [-0.05, 0) is 257 Å². The number of para-hydroxylation sites is 4. The van der Waals surface area contributed by atoms with Crippen molar-refractivity contribution in [2.45, 2.75) is 0 Å². The summed E-state index contributed by atoms with van der Waals surface area (Å²) in [4.78, 5) is 33.2. The van der Waals surface area contributed by atoms with Crippen LogP contribution in [0.3, 0.4) is 0 Å². The van der Waals surface area contributed by atoms with Crippen LogP contribution in [0.4, 0.5) is 0 Å². The van der Waals surface area contributed by atoms with Crippen LogP contribution in [0.5, 0.6) is 0 Å². The molecule has 11 heteroatoms. The Kier molecular flexibility index (Phi) is 15.9. The maximum absolute atomic E-state index is 4.96. The molecule has 11 heterocycles. The number of nitrogens with zero attached hydrogens (tertiary/aromatic N) is 11. The Morgan fingerprint density at radius 1 is 0.152 bits per heavy atom. The SMILES string of the molecule is c1ccc(-n2c3ccc(-c4ccc5c(c4)c4ccccc4n5-c4ccc(-c5cc(-c6ccccn6)cc(-c6ccccn6)c5)cc4)cc3c3ncccc32)cc1.c1ccc(-n2c3ccc(-c4ccc5c(c4)c4ccccc4n5-c4ccc(-c5cc(-c6ccccn6)nc(-c6ccccn6)c5)cc4)cc3c3ncccc32)cc1. The average Bonchev–Trinajstić information content (AvgIpc) is 1.59. The maximum atomic E-state index is 4.96. The highest BCUT2D eigenvalue weighted by Gasteiger charge is 2.21. The molecule has 0 spiro atoms. The molecule has 0 aliphatic heterocycles. The third-order valence-corrected chi connectivity index (χ3v) is 21.5. The first-order valence-corrected chi connectivity index (χ1v) is 37.5. The summed E-state index contributed by atoms with van der Waals surface area (Å²) in [6, 6.07) is 126. The average molecular weight is 1430 g/mol. The van der Waals surface area contributed by atoms with Crippen molar-refractivity contribution in [3.63, 3.8) is 0 Å². The molecular formula is C101H65N11. The lowest BCUT2D eigenvalue weighted by molar-refractivity contribution is 1.17. The molecule has 11 nitrogen and oxygen atoms in total. The quantitative estimate of drug-likeness (QED) is 0.120. The van der Waals surface area contributed by atoms with Gasteiger partial charge in [0.1, 0.15) is 0 Å². The van der Waals surface area contributed by atoms with Crippen molar-refractivity contribution < 1.29 is 0 Å². The first-order valence-electron chi connectivity index (χ1n) is 37.5. The minimum absolute atomic E-state index is 0.809. The van der Waals surface area contributed by atoms with Crippen LogP contribution in [0.1, 0.15) is 0 Å². The van der Waals surface area contributed by atoms with Gasteiger partial charge in [-0.25, -0.2) is 4.98 Å². The van der Waals surface area contributed by atoms with E-state index in [1.165, 1.54) is 43.7 Å². The van der Waals surface area contributed by atoms with Gasteiger partial charge in [-0.1, -0.05) is 146 Å². The highest BCUT2D eigenvalue weighted by atomic mass is 15.0. The van der Waals surface area contributed by atoms with E-state index in [1.807, 2.05) is 97.6 Å². The Labute approximate surface area is 644 Å². The Hall–Kier alpha value is -15.3. The molecule has 0 radical (unpaired) electrons. The number of fused-ring (bicyclic) bond motifs is 12. The van der Waals surface area contributed by atoms with E-state index < -0.39 is 0 Å². The minimum atomic E-state index is 0.809. The zero-order valence-electron chi connectivity index (χ0n) is 60.4.